The predicted octanol–water partition coefficient (Wildman–Crippen LogP) is 1.13. The molecular weight excluding hydrogens is 284 g/mol. The van der Waals surface area contributed by atoms with Gasteiger partial charge in [-0.1, -0.05) is 6.42 Å². The van der Waals surface area contributed by atoms with Gasteiger partial charge in [0.15, 0.2) is 0 Å². The first-order valence-electron chi connectivity index (χ1n) is 6.51. The fourth-order valence-corrected chi connectivity index (χ4v) is 5.21. The molecule has 108 valence electrons. The van der Waals surface area contributed by atoms with Crippen molar-refractivity contribution in [3.05, 3.63) is 17.0 Å². The number of aliphatic hydroxyl groups is 1. The third-order valence-electron chi connectivity index (χ3n) is 3.42. The highest BCUT2D eigenvalue weighted by atomic mass is 32.2. The van der Waals surface area contributed by atoms with Crippen LogP contribution >= 0.6 is 11.3 Å². The summed E-state index contributed by atoms with van der Waals surface area (Å²) in [5.74, 6) is 0. The van der Waals surface area contributed by atoms with Crippen LogP contribution in [-0.2, 0) is 16.6 Å². The lowest BCUT2D eigenvalue weighted by Gasteiger charge is -2.36. The normalized spacial score (nSPS) is 16.8. The second kappa shape index (κ2) is 6.32. The van der Waals surface area contributed by atoms with E-state index in [4.69, 9.17) is 10.8 Å². The molecule has 19 heavy (non-hydrogen) atoms. The van der Waals surface area contributed by atoms with Gasteiger partial charge in [0.1, 0.15) is 4.21 Å². The summed E-state index contributed by atoms with van der Waals surface area (Å²) in [6.07, 6.45) is 3.39. The van der Waals surface area contributed by atoms with Gasteiger partial charge in [0.25, 0.3) is 10.0 Å². The van der Waals surface area contributed by atoms with E-state index in [1.54, 1.807) is 16.4 Å². The van der Waals surface area contributed by atoms with E-state index >= 15 is 0 Å². The Labute approximate surface area is 118 Å². The third-order valence-corrected chi connectivity index (χ3v) is 6.95. The number of sulfonamides is 1. The van der Waals surface area contributed by atoms with Gasteiger partial charge in [0.05, 0.1) is 0 Å². The Balaban J connectivity index is 2.22. The molecule has 0 bridgehead atoms. The quantitative estimate of drug-likeness (QED) is 0.791. The molecule has 1 aromatic heterocycles. The number of thiophene rings is 1. The Morgan fingerprint density at radius 1 is 1.42 bits per heavy atom. The molecule has 1 aliphatic carbocycles. The topological polar surface area (TPSA) is 83.6 Å². The third kappa shape index (κ3) is 3.17. The smallest absolute Gasteiger partial charge is 0.252 e. The molecule has 0 aliphatic heterocycles. The molecule has 0 radical (unpaired) electrons. The first-order valence-corrected chi connectivity index (χ1v) is 8.76. The second-order valence-electron chi connectivity index (χ2n) is 4.70. The molecule has 0 atom stereocenters. The largest absolute Gasteiger partial charge is 0.396 e. The van der Waals surface area contributed by atoms with E-state index in [1.165, 1.54) is 11.3 Å². The van der Waals surface area contributed by atoms with Crippen molar-refractivity contribution in [2.45, 2.75) is 42.5 Å². The molecular formula is C12H20N2O3S2. The molecule has 0 aromatic carbocycles. The van der Waals surface area contributed by atoms with Gasteiger partial charge in [-0.25, -0.2) is 8.42 Å². The van der Waals surface area contributed by atoms with Crippen molar-refractivity contribution < 1.29 is 13.5 Å². The highest BCUT2D eigenvalue weighted by molar-refractivity contribution is 7.91. The Hall–Kier alpha value is -0.470. The zero-order valence-corrected chi connectivity index (χ0v) is 12.4. The van der Waals surface area contributed by atoms with Crippen molar-refractivity contribution >= 4 is 21.4 Å². The average molecular weight is 304 g/mol. The number of hydrogen-bond acceptors (Lipinski definition) is 5. The van der Waals surface area contributed by atoms with Gasteiger partial charge in [-0.15, -0.1) is 11.3 Å². The summed E-state index contributed by atoms with van der Waals surface area (Å²) >= 11 is 1.24. The van der Waals surface area contributed by atoms with Crippen molar-refractivity contribution in [3.8, 4) is 0 Å². The molecule has 0 amide bonds. The van der Waals surface area contributed by atoms with Crippen LogP contribution in [0.3, 0.4) is 0 Å². The summed E-state index contributed by atoms with van der Waals surface area (Å²) in [7, 11) is -3.44. The maximum absolute atomic E-state index is 12.6. The molecule has 1 fully saturated rings. The molecule has 0 saturated heterocycles. The van der Waals surface area contributed by atoms with Gasteiger partial charge in [-0.05, 0) is 31.4 Å². The first kappa shape index (κ1) is 14.9. The van der Waals surface area contributed by atoms with Crippen LogP contribution in [0.4, 0.5) is 0 Å². The van der Waals surface area contributed by atoms with E-state index in [0.29, 0.717) is 23.7 Å². The van der Waals surface area contributed by atoms with E-state index in [2.05, 4.69) is 0 Å². The van der Waals surface area contributed by atoms with Gasteiger partial charge in [0.2, 0.25) is 0 Å². The molecule has 0 spiro atoms. The van der Waals surface area contributed by atoms with E-state index in [9.17, 15) is 8.42 Å². The van der Waals surface area contributed by atoms with Gasteiger partial charge < -0.3 is 10.8 Å². The van der Waals surface area contributed by atoms with Crippen LogP contribution < -0.4 is 5.73 Å². The van der Waals surface area contributed by atoms with Crippen molar-refractivity contribution in [3.63, 3.8) is 0 Å². The lowest BCUT2D eigenvalue weighted by atomic mass is 9.93. The van der Waals surface area contributed by atoms with Crippen LogP contribution in [0.1, 0.15) is 30.6 Å². The van der Waals surface area contributed by atoms with Gasteiger partial charge in [-0.3, -0.25) is 0 Å². The van der Waals surface area contributed by atoms with Crippen LogP contribution in [-0.4, -0.2) is 37.0 Å². The van der Waals surface area contributed by atoms with Crippen molar-refractivity contribution in [1.29, 1.82) is 0 Å². The molecule has 1 aromatic rings. The standard InChI is InChI=1S/C12H20N2O3S2/c13-9-11-5-6-12(18-11)19(16,17)14(7-2-8-15)10-3-1-4-10/h5-6,10,15H,1-4,7-9,13H2. The minimum Gasteiger partial charge on any atom is -0.396 e. The van der Waals surface area contributed by atoms with Crippen LogP contribution in [0.2, 0.25) is 0 Å². The summed E-state index contributed by atoms with van der Waals surface area (Å²) < 4.78 is 27.1. The number of rotatable bonds is 7. The molecule has 2 rings (SSSR count). The summed E-state index contributed by atoms with van der Waals surface area (Å²) in [6, 6.07) is 3.50. The van der Waals surface area contributed by atoms with E-state index in [-0.39, 0.29) is 12.6 Å². The number of nitrogens with two attached hydrogens (primary N) is 1. The molecule has 1 saturated carbocycles. The Bertz CT molecular complexity index is 509. The SMILES string of the molecule is NCc1ccc(S(=O)(=O)N(CCCO)C2CCC2)s1. The van der Waals surface area contributed by atoms with Crippen LogP contribution in [0.25, 0.3) is 0 Å². The summed E-state index contributed by atoms with van der Waals surface area (Å²) in [5, 5.41) is 8.93. The number of hydrogen-bond donors (Lipinski definition) is 2. The summed E-state index contributed by atoms with van der Waals surface area (Å²) in [6.45, 7) is 0.761. The zero-order valence-electron chi connectivity index (χ0n) is 10.8. The molecule has 3 N–H and O–H groups in total. The van der Waals surface area contributed by atoms with Gasteiger partial charge in [0, 0.05) is 30.6 Å². The van der Waals surface area contributed by atoms with Crippen molar-refractivity contribution in [1.82, 2.24) is 4.31 Å². The summed E-state index contributed by atoms with van der Waals surface area (Å²) in [5.41, 5.74) is 5.53. The molecule has 1 aliphatic rings. The summed E-state index contributed by atoms with van der Waals surface area (Å²) in [4.78, 5) is 0.870. The lowest BCUT2D eigenvalue weighted by Crippen LogP contribution is -2.44. The highest BCUT2D eigenvalue weighted by Crippen LogP contribution is 2.32. The molecule has 0 unspecified atom stereocenters. The van der Waals surface area contributed by atoms with Crippen molar-refractivity contribution in [2.24, 2.45) is 5.73 Å². The van der Waals surface area contributed by atoms with E-state index in [1.807, 2.05) is 0 Å². The van der Waals surface area contributed by atoms with Crippen LogP contribution in [0.5, 0.6) is 0 Å². The minimum absolute atomic E-state index is 0.0111. The van der Waals surface area contributed by atoms with E-state index in [0.717, 1.165) is 24.1 Å². The molecule has 7 heteroatoms. The Morgan fingerprint density at radius 3 is 2.63 bits per heavy atom. The van der Waals surface area contributed by atoms with Gasteiger partial charge >= 0.3 is 0 Å². The number of nitrogens with zero attached hydrogens (tertiary/aromatic N) is 1. The maximum atomic E-state index is 12.6. The molecule has 5 nitrogen and oxygen atoms in total. The maximum Gasteiger partial charge on any atom is 0.252 e. The monoisotopic (exact) mass is 304 g/mol. The molecule has 1 heterocycles. The number of aliphatic hydroxyl groups excluding tert-OH is 1. The highest BCUT2D eigenvalue weighted by Gasteiger charge is 2.35. The second-order valence-corrected chi connectivity index (χ2v) is 7.99. The Morgan fingerprint density at radius 2 is 2.16 bits per heavy atom. The fourth-order valence-electron chi connectivity index (χ4n) is 2.12. The average Bonchev–Trinajstić information content (AvgIpc) is 2.81. The van der Waals surface area contributed by atoms with Crippen molar-refractivity contribution in [2.75, 3.05) is 13.2 Å². The minimum atomic E-state index is -3.44. The zero-order chi connectivity index (χ0) is 13.9. The fraction of sp³-hybridized carbons (Fsp3) is 0.667. The van der Waals surface area contributed by atoms with Gasteiger partial charge in [-0.2, -0.15) is 4.31 Å². The van der Waals surface area contributed by atoms with Crippen LogP contribution in [0, 0.1) is 0 Å². The first-order chi connectivity index (χ1) is 9.09. The predicted molar refractivity (Wildman–Crippen MR) is 75.4 cm³/mol. The van der Waals surface area contributed by atoms with Crippen LogP contribution in [0.15, 0.2) is 16.3 Å². The lowest BCUT2D eigenvalue weighted by molar-refractivity contribution is 0.199. The van der Waals surface area contributed by atoms with E-state index < -0.39 is 10.0 Å². The Kier molecular flexibility index (Phi) is 4.97.